The van der Waals surface area contributed by atoms with Crippen LogP contribution < -0.4 is 9.47 Å². The SMILES string of the molecule is COc1cccc(Oc2cccc(S(=O)(=O)Cl)n2)c1. The van der Waals surface area contributed by atoms with E-state index in [0.29, 0.717) is 11.5 Å². The minimum Gasteiger partial charge on any atom is -0.497 e. The second-order valence-corrected chi connectivity index (χ2v) is 6.05. The van der Waals surface area contributed by atoms with Crippen LogP contribution in [0.1, 0.15) is 0 Å². The van der Waals surface area contributed by atoms with Crippen LogP contribution in [0.2, 0.25) is 0 Å². The van der Waals surface area contributed by atoms with Gasteiger partial charge in [0.1, 0.15) is 11.5 Å². The maximum Gasteiger partial charge on any atom is 0.278 e. The van der Waals surface area contributed by atoms with Crippen LogP contribution in [0.5, 0.6) is 17.4 Å². The van der Waals surface area contributed by atoms with Gasteiger partial charge in [0.05, 0.1) is 7.11 Å². The van der Waals surface area contributed by atoms with E-state index in [2.05, 4.69) is 4.98 Å². The van der Waals surface area contributed by atoms with Gasteiger partial charge in [0, 0.05) is 22.8 Å². The minimum absolute atomic E-state index is 0.134. The Kier molecular flexibility index (Phi) is 3.92. The zero-order chi connectivity index (χ0) is 13.9. The third-order valence-electron chi connectivity index (χ3n) is 2.21. The van der Waals surface area contributed by atoms with Crippen molar-refractivity contribution in [1.29, 1.82) is 0 Å². The average molecular weight is 300 g/mol. The molecular weight excluding hydrogens is 290 g/mol. The molecule has 0 N–H and O–H groups in total. The number of halogens is 1. The molecule has 2 rings (SSSR count). The molecule has 0 saturated carbocycles. The molecule has 0 spiro atoms. The number of hydrogen-bond donors (Lipinski definition) is 0. The number of benzene rings is 1. The predicted molar refractivity (Wildman–Crippen MR) is 70.3 cm³/mol. The number of pyridine rings is 1. The van der Waals surface area contributed by atoms with Crippen LogP contribution in [0.3, 0.4) is 0 Å². The topological polar surface area (TPSA) is 65.5 Å². The highest BCUT2D eigenvalue weighted by atomic mass is 35.7. The molecule has 1 heterocycles. The zero-order valence-electron chi connectivity index (χ0n) is 9.91. The first-order chi connectivity index (χ1) is 8.99. The fourth-order valence-corrected chi connectivity index (χ4v) is 2.07. The maximum atomic E-state index is 11.2. The molecule has 19 heavy (non-hydrogen) atoms. The van der Waals surface area contributed by atoms with Gasteiger partial charge in [0.25, 0.3) is 9.05 Å². The average Bonchev–Trinajstić information content (AvgIpc) is 2.38. The van der Waals surface area contributed by atoms with E-state index in [9.17, 15) is 8.42 Å². The summed E-state index contributed by atoms with van der Waals surface area (Å²) < 4.78 is 32.8. The molecular formula is C12H10ClNO4S. The van der Waals surface area contributed by atoms with Crippen LogP contribution >= 0.6 is 10.7 Å². The van der Waals surface area contributed by atoms with E-state index in [-0.39, 0.29) is 10.9 Å². The van der Waals surface area contributed by atoms with E-state index in [1.165, 1.54) is 25.3 Å². The molecule has 2 aromatic rings. The molecule has 100 valence electrons. The van der Waals surface area contributed by atoms with Crippen molar-refractivity contribution in [1.82, 2.24) is 4.98 Å². The van der Waals surface area contributed by atoms with E-state index in [4.69, 9.17) is 20.2 Å². The molecule has 0 radical (unpaired) electrons. The Labute approximate surface area is 115 Å². The smallest absolute Gasteiger partial charge is 0.278 e. The zero-order valence-corrected chi connectivity index (χ0v) is 11.5. The molecule has 0 fully saturated rings. The van der Waals surface area contributed by atoms with Crippen LogP contribution in [0.15, 0.2) is 47.5 Å². The van der Waals surface area contributed by atoms with E-state index in [1.54, 1.807) is 24.3 Å². The van der Waals surface area contributed by atoms with Crippen molar-refractivity contribution in [3.05, 3.63) is 42.5 Å². The predicted octanol–water partition coefficient (Wildman–Crippen LogP) is 2.81. The van der Waals surface area contributed by atoms with Gasteiger partial charge in [-0.15, -0.1) is 0 Å². The first-order valence-electron chi connectivity index (χ1n) is 5.22. The van der Waals surface area contributed by atoms with Gasteiger partial charge in [0.15, 0.2) is 5.03 Å². The summed E-state index contributed by atoms with van der Waals surface area (Å²) in [5.41, 5.74) is 0. The van der Waals surface area contributed by atoms with Crippen molar-refractivity contribution >= 4 is 19.7 Å². The summed E-state index contributed by atoms with van der Waals surface area (Å²) in [5.74, 6) is 1.24. The van der Waals surface area contributed by atoms with E-state index < -0.39 is 9.05 Å². The van der Waals surface area contributed by atoms with Crippen molar-refractivity contribution in [2.24, 2.45) is 0 Å². The molecule has 0 aliphatic rings. The van der Waals surface area contributed by atoms with Gasteiger partial charge in [-0.2, -0.15) is 0 Å². The van der Waals surface area contributed by atoms with Crippen LogP contribution in [0.4, 0.5) is 0 Å². The Hall–Kier alpha value is -1.79. The molecule has 1 aromatic carbocycles. The number of nitrogens with zero attached hydrogens (tertiary/aromatic N) is 1. The van der Waals surface area contributed by atoms with Crippen LogP contribution in [0.25, 0.3) is 0 Å². The normalized spacial score (nSPS) is 11.1. The Morgan fingerprint density at radius 3 is 2.47 bits per heavy atom. The van der Waals surface area contributed by atoms with Crippen molar-refractivity contribution in [3.8, 4) is 17.4 Å². The lowest BCUT2D eigenvalue weighted by Crippen LogP contribution is -1.96. The van der Waals surface area contributed by atoms with Crippen molar-refractivity contribution < 1.29 is 17.9 Å². The van der Waals surface area contributed by atoms with Crippen molar-refractivity contribution in [2.45, 2.75) is 5.03 Å². The molecule has 0 saturated heterocycles. The Morgan fingerprint density at radius 1 is 1.11 bits per heavy atom. The number of hydrogen-bond acceptors (Lipinski definition) is 5. The summed E-state index contributed by atoms with van der Waals surface area (Å²) in [5, 5.41) is -0.255. The lowest BCUT2D eigenvalue weighted by molar-refractivity contribution is 0.407. The highest BCUT2D eigenvalue weighted by molar-refractivity contribution is 8.13. The van der Waals surface area contributed by atoms with Crippen molar-refractivity contribution in [3.63, 3.8) is 0 Å². The molecule has 7 heteroatoms. The molecule has 1 aromatic heterocycles. The van der Waals surface area contributed by atoms with Gasteiger partial charge in [-0.3, -0.25) is 0 Å². The van der Waals surface area contributed by atoms with Crippen molar-refractivity contribution in [2.75, 3.05) is 7.11 Å². The standard InChI is InChI=1S/C12H10ClNO4S/c1-17-9-4-2-5-10(8-9)18-11-6-3-7-12(14-11)19(13,15)16/h2-8H,1H3. The Morgan fingerprint density at radius 2 is 1.79 bits per heavy atom. The van der Waals surface area contributed by atoms with Gasteiger partial charge in [-0.25, -0.2) is 13.4 Å². The van der Waals surface area contributed by atoms with Crippen LogP contribution in [-0.4, -0.2) is 20.5 Å². The molecule has 0 aliphatic carbocycles. The molecule has 0 bridgehead atoms. The van der Waals surface area contributed by atoms with E-state index in [0.717, 1.165) is 0 Å². The highest BCUT2D eigenvalue weighted by Crippen LogP contribution is 2.25. The minimum atomic E-state index is -3.87. The second-order valence-electron chi connectivity index (χ2n) is 3.53. The highest BCUT2D eigenvalue weighted by Gasteiger charge is 2.12. The van der Waals surface area contributed by atoms with Crippen LogP contribution in [0, 0.1) is 0 Å². The van der Waals surface area contributed by atoms with Gasteiger partial charge < -0.3 is 9.47 Å². The van der Waals surface area contributed by atoms with E-state index in [1.807, 2.05) is 0 Å². The summed E-state index contributed by atoms with van der Waals surface area (Å²) in [4.78, 5) is 3.81. The molecule has 0 aliphatic heterocycles. The van der Waals surface area contributed by atoms with Gasteiger partial charge in [-0.1, -0.05) is 12.1 Å². The first-order valence-corrected chi connectivity index (χ1v) is 7.53. The monoisotopic (exact) mass is 299 g/mol. The lowest BCUT2D eigenvalue weighted by atomic mass is 10.3. The summed E-state index contributed by atoms with van der Waals surface area (Å²) >= 11 is 0. The van der Waals surface area contributed by atoms with Crippen LogP contribution in [-0.2, 0) is 9.05 Å². The summed E-state index contributed by atoms with van der Waals surface area (Å²) in [6.07, 6.45) is 0. The number of rotatable bonds is 4. The largest absolute Gasteiger partial charge is 0.497 e. The maximum absolute atomic E-state index is 11.2. The lowest BCUT2D eigenvalue weighted by Gasteiger charge is -2.06. The Balaban J connectivity index is 2.28. The molecule has 0 unspecified atom stereocenters. The number of methoxy groups -OCH3 is 1. The summed E-state index contributed by atoms with van der Waals surface area (Å²) in [6.45, 7) is 0. The molecule has 0 atom stereocenters. The summed E-state index contributed by atoms with van der Waals surface area (Å²) in [6, 6.07) is 11.2. The third-order valence-corrected chi connectivity index (χ3v) is 3.41. The van der Waals surface area contributed by atoms with Gasteiger partial charge in [-0.05, 0) is 18.2 Å². The van der Waals surface area contributed by atoms with E-state index >= 15 is 0 Å². The molecule has 0 amide bonds. The first kappa shape index (κ1) is 13.6. The fourth-order valence-electron chi connectivity index (χ4n) is 1.37. The Bertz CT molecular complexity index is 688. The number of ether oxygens (including phenoxy) is 2. The fraction of sp³-hybridized carbons (Fsp3) is 0.0833. The second kappa shape index (κ2) is 5.46. The quantitative estimate of drug-likeness (QED) is 0.812. The molecule has 5 nitrogen and oxygen atoms in total. The number of aromatic nitrogens is 1. The summed E-state index contributed by atoms with van der Waals surface area (Å²) in [7, 11) is 2.88. The van der Waals surface area contributed by atoms with Gasteiger partial charge in [0.2, 0.25) is 5.88 Å². The third kappa shape index (κ3) is 3.59. The van der Waals surface area contributed by atoms with Gasteiger partial charge >= 0.3 is 0 Å².